The normalized spacial score (nSPS) is 28.1. The summed E-state index contributed by atoms with van der Waals surface area (Å²) < 4.78 is 0. The van der Waals surface area contributed by atoms with Crippen molar-refractivity contribution in [3.8, 4) is 0 Å². The van der Waals surface area contributed by atoms with Crippen molar-refractivity contribution in [3.63, 3.8) is 0 Å². The molecule has 1 heteroatoms. The first-order chi connectivity index (χ1) is 6.92. The number of hydrogen-bond acceptors (Lipinski definition) is 1. The lowest BCUT2D eigenvalue weighted by Crippen LogP contribution is -2.44. The van der Waals surface area contributed by atoms with E-state index in [-0.39, 0.29) is 5.54 Å². The van der Waals surface area contributed by atoms with Gasteiger partial charge in [0, 0.05) is 11.2 Å². The summed E-state index contributed by atoms with van der Waals surface area (Å²) in [5.41, 5.74) is 4.32. The van der Waals surface area contributed by atoms with E-state index in [1.807, 2.05) is 0 Å². The van der Waals surface area contributed by atoms with E-state index >= 15 is 0 Å². The van der Waals surface area contributed by atoms with E-state index in [1.54, 1.807) is 0 Å². The predicted molar refractivity (Wildman–Crippen MR) is 66.5 cm³/mol. The van der Waals surface area contributed by atoms with E-state index in [4.69, 9.17) is 0 Å². The van der Waals surface area contributed by atoms with Crippen LogP contribution in [0.25, 0.3) is 0 Å². The summed E-state index contributed by atoms with van der Waals surface area (Å²) in [7, 11) is 0. The Morgan fingerprint density at radius 1 is 1.20 bits per heavy atom. The highest BCUT2D eigenvalue weighted by Crippen LogP contribution is 2.42. The van der Waals surface area contributed by atoms with Gasteiger partial charge in [0.25, 0.3) is 0 Å². The van der Waals surface area contributed by atoms with Gasteiger partial charge in [-0.2, -0.15) is 0 Å². The third-order valence-corrected chi connectivity index (χ3v) is 4.04. The first kappa shape index (κ1) is 10.5. The fourth-order valence-corrected chi connectivity index (χ4v) is 2.53. The van der Waals surface area contributed by atoms with E-state index < -0.39 is 0 Å². The molecule has 0 bridgehead atoms. The van der Waals surface area contributed by atoms with Crippen molar-refractivity contribution >= 4 is 5.69 Å². The maximum Gasteiger partial charge on any atom is 0.0382 e. The summed E-state index contributed by atoms with van der Waals surface area (Å²) in [4.78, 5) is 0. The van der Waals surface area contributed by atoms with Crippen LogP contribution in [0.5, 0.6) is 0 Å². The first-order valence-electron chi connectivity index (χ1n) is 5.80. The molecular formula is C14H21N. The number of hydrogen-bond donors (Lipinski definition) is 1. The molecule has 1 aromatic carbocycles. The molecule has 0 fully saturated rings. The van der Waals surface area contributed by atoms with Crippen molar-refractivity contribution in [3.05, 3.63) is 29.3 Å². The molecule has 0 saturated carbocycles. The first-order valence-corrected chi connectivity index (χ1v) is 5.80. The molecule has 2 rings (SSSR count). The van der Waals surface area contributed by atoms with E-state index in [9.17, 15) is 0 Å². The monoisotopic (exact) mass is 203 g/mol. The Kier molecular flexibility index (Phi) is 2.29. The maximum atomic E-state index is 3.66. The number of rotatable bonds is 0. The standard InChI is InChI=1S/C14H21N/c1-9-6-7-12-10(2)11(3)14(4,5)15-13(12)8-9/h6-8,10-11,15H,1-5H3. The van der Waals surface area contributed by atoms with Crippen molar-refractivity contribution in [1.29, 1.82) is 0 Å². The van der Waals surface area contributed by atoms with Crippen LogP contribution in [0.15, 0.2) is 18.2 Å². The molecule has 1 nitrogen and oxygen atoms in total. The van der Waals surface area contributed by atoms with Crippen LogP contribution in [0.1, 0.15) is 44.7 Å². The molecule has 1 aliphatic rings. The largest absolute Gasteiger partial charge is 0.380 e. The summed E-state index contributed by atoms with van der Waals surface area (Å²) in [6.07, 6.45) is 0. The molecule has 2 atom stereocenters. The van der Waals surface area contributed by atoms with Crippen molar-refractivity contribution in [1.82, 2.24) is 0 Å². The fraction of sp³-hybridized carbons (Fsp3) is 0.571. The van der Waals surface area contributed by atoms with Crippen LogP contribution in [-0.2, 0) is 0 Å². The molecule has 0 aliphatic carbocycles. The quantitative estimate of drug-likeness (QED) is 0.673. The molecule has 0 saturated heterocycles. The van der Waals surface area contributed by atoms with Gasteiger partial charge in [-0.1, -0.05) is 26.0 Å². The molecule has 1 aliphatic heterocycles. The van der Waals surface area contributed by atoms with Gasteiger partial charge in [0.1, 0.15) is 0 Å². The average Bonchev–Trinajstić information content (AvgIpc) is 2.13. The molecular weight excluding hydrogens is 182 g/mol. The van der Waals surface area contributed by atoms with Gasteiger partial charge in [-0.05, 0) is 49.8 Å². The summed E-state index contributed by atoms with van der Waals surface area (Å²) >= 11 is 0. The van der Waals surface area contributed by atoms with Crippen LogP contribution in [0.4, 0.5) is 5.69 Å². The molecule has 0 radical (unpaired) electrons. The second-order valence-electron chi connectivity index (χ2n) is 5.51. The smallest absolute Gasteiger partial charge is 0.0382 e. The van der Waals surface area contributed by atoms with Gasteiger partial charge in [-0.15, -0.1) is 0 Å². The van der Waals surface area contributed by atoms with Gasteiger partial charge < -0.3 is 5.32 Å². The Hall–Kier alpha value is -0.980. The second-order valence-corrected chi connectivity index (χ2v) is 5.51. The number of nitrogens with one attached hydrogen (secondary N) is 1. The molecule has 15 heavy (non-hydrogen) atoms. The van der Waals surface area contributed by atoms with Gasteiger partial charge in [0.05, 0.1) is 0 Å². The molecule has 1 heterocycles. The fourth-order valence-electron chi connectivity index (χ4n) is 2.53. The Morgan fingerprint density at radius 3 is 2.53 bits per heavy atom. The minimum atomic E-state index is 0.195. The lowest BCUT2D eigenvalue weighted by molar-refractivity contribution is 0.316. The van der Waals surface area contributed by atoms with Crippen LogP contribution in [0.3, 0.4) is 0 Å². The van der Waals surface area contributed by atoms with Gasteiger partial charge in [-0.3, -0.25) is 0 Å². The van der Waals surface area contributed by atoms with Crippen molar-refractivity contribution in [2.24, 2.45) is 5.92 Å². The van der Waals surface area contributed by atoms with Crippen molar-refractivity contribution in [2.75, 3.05) is 5.32 Å². The van der Waals surface area contributed by atoms with E-state index in [1.165, 1.54) is 16.8 Å². The Labute approximate surface area is 92.9 Å². The van der Waals surface area contributed by atoms with Crippen molar-refractivity contribution < 1.29 is 0 Å². The second kappa shape index (κ2) is 3.26. The molecule has 1 aromatic rings. The third-order valence-electron chi connectivity index (χ3n) is 4.04. The highest BCUT2D eigenvalue weighted by atomic mass is 15.0. The van der Waals surface area contributed by atoms with E-state index in [0.29, 0.717) is 11.8 Å². The Bertz CT molecular complexity index is 379. The maximum absolute atomic E-state index is 3.66. The molecule has 82 valence electrons. The van der Waals surface area contributed by atoms with Crippen LogP contribution in [0.2, 0.25) is 0 Å². The molecule has 0 amide bonds. The zero-order valence-electron chi connectivity index (χ0n) is 10.4. The summed E-state index contributed by atoms with van der Waals surface area (Å²) in [5, 5.41) is 3.66. The van der Waals surface area contributed by atoms with Crippen LogP contribution < -0.4 is 5.32 Å². The lowest BCUT2D eigenvalue weighted by Gasteiger charge is -2.43. The lowest BCUT2D eigenvalue weighted by atomic mass is 9.73. The third kappa shape index (κ3) is 1.64. The van der Waals surface area contributed by atoms with Crippen LogP contribution in [-0.4, -0.2) is 5.54 Å². The Morgan fingerprint density at radius 2 is 1.87 bits per heavy atom. The predicted octanol–water partition coefficient (Wildman–Crippen LogP) is 3.94. The molecule has 0 spiro atoms. The summed E-state index contributed by atoms with van der Waals surface area (Å²) in [6.45, 7) is 11.4. The zero-order valence-corrected chi connectivity index (χ0v) is 10.4. The van der Waals surface area contributed by atoms with Crippen LogP contribution in [0, 0.1) is 12.8 Å². The number of anilines is 1. The summed E-state index contributed by atoms with van der Waals surface area (Å²) in [5.74, 6) is 1.30. The highest BCUT2D eigenvalue weighted by Gasteiger charge is 2.36. The van der Waals surface area contributed by atoms with Gasteiger partial charge >= 0.3 is 0 Å². The Balaban J connectivity index is 2.50. The number of fused-ring (bicyclic) bond motifs is 1. The van der Waals surface area contributed by atoms with E-state index in [0.717, 1.165) is 0 Å². The molecule has 2 unspecified atom stereocenters. The molecule has 0 aromatic heterocycles. The topological polar surface area (TPSA) is 12.0 Å². The van der Waals surface area contributed by atoms with Gasteiger partial charge in [0.15, 0.2) is 0 Å². The molecule has 1 N–H and O–H groups in total. The van der Waals surface area contributed by atoms with Gasteiger partial charge in [0.2, 0.25) is 0 Å². The minimum Gasteiger partial charge on any atom is -0.380 e. The minimum absolute atomic E-state index is 0.195. The summed E-state index contributed by atoms with van der Waals surface area (Å²) in [6, 6.07) is 6.75. The highest BCUT2D eigenvalue weighted by molar-refractivity contribution is 5.58. The van der Waals surface area contributed by atoms with Gasteiger partial charge in [-0.25, -0.2) is 0 Å². The number of aryl methyl sites for hydroxylation is 1. The average molecular weight is 203 g/mol. The zero-order chi connectivity index (χ0) is 11.2. The van der Waals surface area contributed by atoms with Crippen LogP contribution >= 0.6 is 0 Å². The SMILES string of the molecule is Cc1ccc2c(c1)NC(C)(C)C(C)C2C. The number of benzene rings is 1. The van der Waals surface area contributed by atoms with Crippen molar-refractivity contribution in [2.45, 2.75) is 46.1 Å². The van der Waals surface area contributed by atoms with E-state index in [2.05, 4.69) is 58.1 Å².